The Balaban J connectivity index is 2.58. The van der Waals surface area contributed by atoms with E-state index in [1.165, 1.54) is 12.8 Å². The molecule has 1 rings (SSSR count). The zero-order valence-corrected chi connectivity index (χ0v) is 10.6. The summed E-state index contributed by atoms with van der Waals surface area (Å²) in [5.74, 6) is 0.786. The van der Waals surface area contributed by atoms with Gasteiger partial charge in [-0.3, -0.25) is 4.90 Å². The Kier molecular flexibility index (Phi) is 4.32. The zero-order valence-electron chi connectivity index (χ0n) is 10.6. The lowest BCUT2D eigenvalue weighted by molar-refractivity contribution is -0.117. The summed E-state index contributed by atoms with van der Waals surface area (Å²) in [6, 6.07) is 0.645. The van der Waals surface area contributed by atoms with E-state index in [2.05, 4.69) is 32.6 Å². The highest BCUT2D eigenvalue weighted by Crippen LogP contribution is 2.27. The molecule has 0 aliphatic carbocycles. The molecule has 0 aromatic rings. The van der Waals surface area contributed by atoms with Crippen molar-refractivity contribution in [1.29, 1.82) is 0 Å². The molecule has 0 aromatic carbocycles. The minimum absolute atomic E-state index is 0.147. The number of hydrogen-bond donors (Lipinski definition) is 0. The van der Waals surface area contributed by atoms with Gasteiger partial charge in [-0.25, -0.2) is 0 Å². The first kappa shape index (κ1) is 12.7. The van der Waals surface area contributed by atoms with Gasteiger partial charge in [-0.05, 0) is 32.1 Å². The van der Waals surface area contributed by atoms with Crippen LogP contribution in [-0.4, -0.2) is 30.3 Å². The van der Waals surface area contributed by atoms with E-state index < -0.39 is 0 Å². The van der Waals surface area contributed by atoms with Crippen LogP contribution in [0.3, 0.4) is 0 Å². The van der Waals surface area contributed by atoms with Gasteiger partial charge in [0.15, 0.2) is 0 Å². The molecule has 0 bridgehead atoms. The molecule has 0 radical (unpaired) electrons. The molecule has 0 aromatic heterocycles. The average molecular weight is 211 g/mol. The van der Waals surface area contributed by atoms with Crippen LogP contribution in [0.15, 0.2) is 0 Å². The van der Waals surface area contributed by atoms with Gasteiger partial charge < -0.3 is 4.79 Å². The summed E-state index contributed by atoms with van der Waals surface area (Å²) in [6.07, 6.45) is 4.69. The Morgan fingerprint density at radius 2 is 2.07 bits per heavy atom. The monoisotopic (exact) mass is 211 g/mol. The summed E-state index contributed by atoms with van der Waals surface area (Å²) in [4.78, 5) is 13.6. The summed E-state index contributed by atoms with van der Waals surface area (Å²) in [6.45, 7) is 10.9. The molecule has 15 heavy (non-hydrogen) atoms. The van der Waals surface area contributed by atoms with Crippen LogP contribution >= 0.6 is 0 Å². The predicted octanol–water partition coefficient (Wildman–Crippen LogP) is 2.72. The molecule has 1 aliphatic heterocycles. The summed E-state index contributed by atoms with van der Waals surface area (Å²) in [5, 5.41) is 0. The van der Waals surface area contributed by atoms with Gasteiger partial charge in [0, 0.05) is 24.5 Å². The lowest BCUT2D eigenvalue weighted by Gasteiger charge is -2.40. The molecular formula is C13H25NO. The van der Waals surface area contributed by atoms with Crippen LogP contribution < -0.4 is 0 Å². The number of aldehydes is 1. The smallest absolute Gasteiger partial charge is 0.127 e. The maximum Gasteiger partial charge on any atom is 0.127 e. The summed E-state index contributed by atoms with van der Waals surface area (Å²) >= 11 is 0. The van der Waals surface area contributed by atoms with E-state index in [1.54, 1.807) is 0 Å². The number of likely N-dealkylation sites (tertiary alicyclic amines) is 1. The number of piperidine rings is 1. The Morgan fingerprint density at radius 1 is 1.40 bits per heavy atom. The van der Waals surface area contributed by atoms with Gasteiger partial charge >= 0.3 is 0 Å². The fourth-order valence-electron chi connectivity index (χ4n) is 2.30. The molecule has 88 valence electrons. The van der Waals surface area contributed by atoms with Crippen molar-refractivity contribution in [2.45, 2.75) is 53.0 Å². The van der Waals surface area contributed by atoms with Crippen LogP contribution in [0, 0.1) is 11.3 Å². The largest absolute Gasteiger partial charge is 0.303 e. The van der Waals surface area contributed by atoms with Crippen LogP contribution in [0.4, 0.5) is 0 Å². The normalized spacial score (nSPS) is 32.3. The number of rotatable bonds is 4. The molecule has 3 unspecified atom stereocenters. The van der Waals surface area contributed by atoms with Crippen LogP contribution in [0.2, 0.25) is 0 Å². The molecule has 0 spiro atoms. The van der Waals surface area contributed by atoms with Gasteiger partial charge in [-0.1, -0.05) is 20.8 Å². The van der Waals surface area contributed by atoms with E-state index in [4.69, 9.17) is 0 Å². The van der Waals surface area contributed by atoms with E-state index in [1.807, 2.05) is 0 Å². The Morgan fingerprint density at radius 3 is 2.60 bits per heavy atom. The maximum absolute atomic E-state index is 11.1. The van der Waals surface area contributed by atoms with Gasteiger partial charge in [0.1, 0.15) is 6.29 Å². The standard InChI is InChI=1S/C13H25NO/c1-5-13(4,10-15)9-14-8-11(2)6-7-12(14)3/h10-12H,5-9H2,1-4H3. The first-order valence-electron chi connectivity index (χ1n) is 6.21. The number of carbonyl (C=O) groups is 1. The second kappa shape index (κ2) is 5.11. The van der Waals surface area contributed by atoms with Crippen molar-refractivity contribution < 1.29 is 4.79 Å². The first-order valence-corrected chi connectivity index (χ1v) is 6.21. The summed E-state index contributed by atoms with van der Waals surface area (Å²) in [7, 11) is 0. The molecule has 0 saturated carbocycles. The van der Waals surface area contributed by atoms with Crippen molar-refractivity contribution in [3.8, 4) is 0 Å². The Labute approximate surface area is 94.0 Å². The predicted molar refractivity (Wildman–Crippen MR) is 63.9 cm³/mol. The van der Waals surface area contributed by atoms with Crippen molar-refractivity contribution in [2.24, 2.45) is 11.3 Å². The second-order valence-corrected chi connectivity index (χ2v) is 5.59. The lowest BCUT2D eigenvalue weighted by Crippen LogP contribution is -2.46. The molecule has 0 N–H and O–H groups in total. The topological polar surface area (TPSA) is 20.3 Å². The molecule has 1 saturated heterocycles. The van der Waals surface area contributed by atoms with Crippen molar-refractivity contribution in [1.82, 2.24) is 4.90 Å². The van der Waals surface area contributed by atoms with Gasteiger partial charge in [0.05, 0.1) is 0 Å². The SMILES string of the molecule is CCC(C)(C=O)CN1CC(C)CCC1C. The van der Waals surface area contributed by atoms with Crippen LogP contribution in [-0.2, 0) is 4.79 Å². The van der Waals surface area contributed by atoms with Gasteiger partial charge in [0.2, 0.25) is 0 Å². The molecule has 1 aliphatic rings. The fraction of sp³-hybridized carbons (Fsp3) is 0.923. The van der Waals surface area contributed by atoms with E-state index in [0.717, 1.165) is 31.7 Å². The fourth-order valence-corrected chi connectivity index (χ4v) is 2.30. The van der Waals surface area contributed by atoms with Gasteiger partial charge in [0.25, 0.3) is 0 Å². The van der Waals surface area contributed by atoms with Crippen LogP contribution in [0.1, 0.15) is 47.0 Å². The van der Waals surface area contributed by atoms with E-state index in [-0.39, 0.29) is 5.41 Å². The third-order valence-corrected chi connectivity index (χ3v) is 3.90. The lowest BCUT2D eigenvalue weighted by atomic mass is 9.86. The van der Waals surface area contributed by atoms with Gasteiger partial charge in [-0.2, -0.15) is 0 Å². The van der Waals surface area contributed by atoms with E-state index in [0.29, 0.717) is 6.04 Å². The molecule has 0 amide bonds. The van der Waals surface area contributed by atoms with E-state index >= 15 is 0 Å². The van der Waals surface area contributed by atoms with Crippen molar-refractivity contribution >= 4 is 6.29 Å². The van der Waals surface area contributed by atoms with E-state index in [9.17, 15) is 4.79 Å². The Bertz CT molecular complexity index is 217. The minimum Gasteiger partial charge on any atom is -0.303 e. The zero-order chi connectivity index (χ0) is 11.5. The Hall–Kier alpha value is -0.370. The van der Waals surface area contributed by atoms with Crippen molar-refractivity contribution in [3.63, 3.8) is 0 Å². The highest BCUT2D eigenvalue weighted by atomic mass is 16.1. The second-order valence-electron chi connectivity index (χ2n) is 5.59. The average Bonchev–Trinajstić information content (AvgIpc) is 2.23. The van der Waals surface area contributed by atoms with Gasteiger partial charge in [-0.15, -0.1) is 0 Å². The van der Waals surface area contributed by atoms with Crippen LogP contribution in [0.25, 0.3) is 0 Å². The van der Waals surface area contributed by atoms with Crippen molar-refractivity contribution in [3.05, 3.63) is 0 Å². The minimum atomic E-state index is -0.147. The maximum atomic E-state index is 11.1. The number of nitrogens with zero attached hydrogens (tertiary/aromatic N) is 1. The molecule has 3 atom stereocenters. The molecule has 2 heteroatoms. The molecule has 1 heterocycles. The highest BCUT2D eigenvalue weighted by Gasteiger charge is 2.30. The third kappa shape index (κ3) is 3.30. The quantitative estimate of drug-likeness (QED) is 0.666. The van der Waals surface area contributed by atoms with Crippen LogP contribution in [0.5, 0.6) is 0 Å². The number of carbonyl (C=O) groups excluding carboxylic acids is 1. The first-order chi connectivity index (χ1) is 7.00. The summed E-state index contributed by atoms with van der Waals surface area (Å²) < 4.78 is 0. The molecular weight excluding hydrogens is 186 g/mol. The third-order valence-electron chi connectivity index (χ3n) is 3.90. The summed E-state index contributed by atoms with van der Waals surface area (Å²) in [5.41, 5.74) is -0.147. The molecule has 1 fully saturated rings. The molecule has 2 nitrogen and oxygen atoms in total. The number of hydrogen-bond acceptors (Lipinski definition) is 2. The van der Waals surface area contributed by atoms with Crippen molar-refractivity contribution in [2.75, 3.05) is 13.1 Å². The highest BCUT2D eigenvalue weighted by molar-refractivity contribution is 5.58.